The standard InChI is InChI=1S/C17H24N2O/c1-13(14-6-3-2-4-7-14)12-19-11-5-8-16(17(19)20)18-15-9-10-15/h2-4,6-7,13,15-16,18H,5,8-12H2,1H3. The Morgan fingerprint density at radius 2 is 2.00 bits per heavy atom. The topological polar surface area (TPSA) is 32.3 Å². The fraction of sp³-hybridized carbons (Fsp3) is 0.588. The van der Waals surface area contributed by atoms with Gasteiger partial charge in [-0.25, -0.2) is 0 Å². The molecule has 2 atom stereocenters. The number of likely N-dealkylation sites (tertiary alicyclic amines) is 1. The molecule has 3 nitrogen and oxygen atoms in total. The minimum atomic E-state index is 0.0687. The monoisotopic (exact) mass is 272 g/mol. The van der Waals surface area contributed by atoms with Gasteiger partial charge in [-0.3, -0.25) is 4.79 Å². The summed E-state index contributed by atoms with van der Waals surface area (Å²) in [6.45, 7) is 3.96. The highest BCUT2D eigenvalue weighted by Crippen LogP contribution is 2.24. The van der Waals surface area contributed by atoms with E-state index in [0.717, 1.165) is 25.9 Å². The first-order valence-corrected chi connectivity index (χ1v) is 7.84. The maximum absolute atomic E-state index is 12.5. The van der Waals surface area contributed by atoms with Gasteiger partial charge in [-0.2, -0.15) is 0 Å². The van der Waals surface area contributed by atoms with Gasteiger partial charge in [0.05, 0.1) is 6.04 Å². The van der Waals surface area contributed by atoms with Crippen molar-refractivity contribution in [3.05, 3.63) is 35.9 Å². The lowest BCUT2D eigenvalue weighted by Crippen LogP contribution is -2.52. The van der Waals surface area contributed by atoms with Crippen LogP contribution in [0.4, 0.5) is 0 Å². The summed E-state index contributed by atoms with van der Waals surface area (Å²) in [5.74, 6) is 0.714. The maximum atomic E-state index is 12.5. The molecule has 1 amide bonds. The highest BCUT2D eigenvalue weighted by atomic mass is 16.2. The normalized spacial score (nSPS) is 24.8. The highest BCUT2D eigenvalue weighted by Gasteiger charge is 2.33. The molecule has 2 unspecified atom stereocenters. The number of carbonyl (C=O) groups excluding carboxylic acids is 1. The Kier molecular flexibility index (Phi) is 4.06. The molecular formula is C17H24N2O. The van der Waals surface area contributed by atoms with Gasteiger partial charge in [-0.15, -0.1) is 0 Å². The minimum Gasteiger partial charge on any atom is -0.341 e. The molecule has 20 heavy (non-hydrogen) atoms. The van der Waals surface area contributed by atoms with E-state index in [1.54, 1.807) is 0 Å². The molecule has 108 valence electrons. The first kappa shape index (κ1) is 13.6. The molecule has 0 spiro atoms. The van der Waals surface area contributed by atoms with Crippen LogP contribution in [-0.4, -0.2) is 36.0 Å². The van der Waals surface area contributed by atoms with E-state index in [2.05, 4.69) is 41.4 Å². The molecule has 2 fully saturated rings. The summed E-state index contributed by atoms with van der Waals surface area (Å²) in [4.78, 5) is 14.6. The SMILES string of the molecule is CC(CN1CCCC(NC2CC2)C1=O)c1ccccc1. The quantitative estimate of drug-likeness (QED) is 0.893. The van der Waals surface area contributed by atoms with Crippen LogP contribution < -0.4 is 5.32 Å². The Morgan fingerprint density at radius 1 is 1.25 bits per heavy atom. The lowest BCUT2D eigenvalue weighted by molar-refractivity contribution is -0.136. The molecule has 3 rings (SSSR count). The number of hydrogen-bond acceptors (Lipinski definition) is 2. The third kappa shape index (κ3) is 3.21. The van der Waals surface area contributed by atoms with Crippen molar-refractivity contribution in [2.24, 2.45) is 0 Å². The summed E-state index contributed by atoms with van der Waals surface area (Å²) in [7, 11) is 0. The number of amides is 1. The Hall–Kier alpha value is -1.35. The molecule has 0 radical (unpaired) electrons. The van der Waals surface area contributed by atoms with Crippen LogP contribution >= 0.6 is 0 Å². The molecule has 1 heterocycles. The molecule has 1 aromatic carbocycles. The molecule has 1 N–H and O–H groups in total. The number of nitrogens with zero attached hydrogens (tertiary/aromatic N) is 1. The van der Waals surface area contributed by atoms with Crippen LogP contribution in [0.15, 0.2) is 30.3 Å². The van der Waals surface area contributed by atoms with Gasteiger partial charge in [0.25, 0.3) is 0 Å². The van der Waals surface area contributed by atoms with Crippen molar-refractivity contribution in [2.75, 3.05) is 13.1 Å². The van der Waals surface area contributed by atoms with Crippen LogP contribution in [-0.2, 0) is 4.79 Å². The zero-order valence-corrected chi connectivity index (χ0v) is 12.2. The fourth-order valence-corrected chi connectivity index (χ4v) is 3.03. The molecule has 1 aliphatic heterocycles. The second-order valence-electron chi connectivity index (χ2n) is 6.23. The van der Waals surface area contributed by atoms with E-state index in [0.29, 0.717) is 17.9 Å². The summed E-state index contributed by atoms with van der Waals surface area (Å²) < 4.78 is 0. The second-order valence-corrected chi connectivity index (χ2v) is 6.23. The van der Waals surface area contributed by atoms with Crippen LogP contribution in [0.2, 0.25) is 0 Å². The van der Waals surface area contributed by atoms with Crippen molar-refractivity contribution in [3.8, 4) is 0 Å². The van der Waals surface area contributed by atoms with Gasteiger partial charge in [0, 0.05) is 19.1 Å². The molecular weight excluding hydrogens is 248 g/mol. The van der Waals surface area contributed by atoms with Crippen LogP contribution in [0.5, 0.6) is 0 Å². The van der Waals surface area contributed by atoms with Crippen LogP contribution in [0, 0.1) is 0 Å². The molecule has 1 aliphatic carbocycles. The van der Waals surface area contributed by atoms with E-state index in [-0.39, 0.29) is 6.04 Å². The largest absolute Gasteiger partial charge is 0.341 e. The van der Waals surface area contributed by atoms with Crippen molar-refractivity contribution in [1.82, 2.24) is 10.2 Å². The van der Waals surface area contributed by atoms with E-state index >= 15 is 0 Å². The van der Waals surface area contributed by atoms with Gasteiger partial charge >= 0.3 is 0 Å². The summed E-state index contributed by atoms with van der Waals surface area (Å²) in [5, 5.41) is 3.49. The molecule has 0 aromatic heterocycles. The summed E-state index contributed by atoms with van der Waals surface area (Å²) >= 11 is 0. The third-order valence-electron chi connectivity index (χ3n) is 4.41. The maximum Gasteiger partial charge on any atom is 0.239 e. The van der Waals surface area contributed by atoms with Crippen LogP contribution in [0.3, 0.4) is 0 Å². The van der Waals surface area contributed by atoms with Crippen molar-refractivity contribution >= 4 is 5.91 Å². The van der Waals surface area contributed by atoms with E-state index in [9.17, 15) is 4.79 Å². The number of rotatable bonds is 5. The second kappa shape index (κ2) is 5.96. The number of nitrogens with one attached hydrogen (secondary N) is 1. The predicted octanol–water partition coefficient (Wildman–Crippen LogP) is 2.53. The third-order valence-corrected chi connectivity index (χ3v) is 4.41. The van der Waals surface area contributed by atoms with Crippen molar-refractivity contribution in [2.45, 2.75) is 50.6 Å². The Balaban J connectivity index is 1.59. The number of piperidine rings is 1. The van der Waals surface area contributed by atoms with Gasteiger partial charge in [0.1, 0.15) is 0 Å². The first-order chi connectivity index (χ1) is 9.74. The van der Waals surface area contributed by atoms with Crippen LogP contribution in [0.25, 0.3) is 0 Å². The zero-order chi connectivity index (χ0) is 13.9. The Morgan fingerprint density at radius 3 is 2.70 bits per heavy atom. The zero-order valence-electron chi connectivity index (χ0n) is 12.2. The smallest absolute Gasteiger partial charge is 0.239 e. The molecule has 1 saturated carbocycles. The van der Waals surface area contributed by atoms with Gasteiger partial charge in [0.15, 0.2) is 0 Å². The van der Waals surface area contributed by atoms with E-state index in [1.807, 2.05) is 6.07 Å². The highest BCUT2D eigenvalue weighted by molar-refractivity contribution is 5.82. The predicted molar refractivity (Wildman–Crippen MR) is 80.6 cm³/mol. The number of hydrogen-bond donors (Lipinski definition) is 1. The minimum absolute atomic E-state index is 0.0687. The molecule has 1 saturated heterocycles. The molecule has 3 heteroatoms. The average molecular weight is 272 g/mol. The van der Waals surface area contributed by atoms with Crippen molar-refractivity contribution in [1.29, 1.82) is 0 Å². The Bertz CT molecular complexity index is 455. The number of carbonyl (C=O) groups is 1. The van der Waals surface area contributed by atoms with Crippen molar-refractivity contribution in [3.63, 3.8) is 0 Å². The number of benzene rings is 1. The van der Waals surface area contributed by atoms with E-state index in [1.165, 1.54) is 18.4 Å². The van der Waals surface area contributed by atoms with Gasteiger partial charge in [-0.05, 0) is 37.2 Å². The van der Waals surface area contributed by atoms with Crippen LogP contribution in [0.1, 0.15) is 44.1 Å². The average Bonchev–Trinajstić information content (AvgIpc) is 3.28. The summed E-state index contributed by atoms with van der Waals surface area (Å²) in [5.41, 5.74) is 1.32. The van der Waals surface area contributed by atoms with Gasteiger partial charge in [0.2, 0.25) is 5.91 Å². The summed E-state index contributed by atoms with van der Waals surface area (Å²) in [6.07, 6.45) is 4.61. The molecule has 0 bridgehead atoms. The van der Waals surface area contributed by atoms with Crippen molar-refractivity contribution < 1.29 is 4.79 Å². The lowest BCUT2D eigenvalue weighted by atomic mass is 9.98. The first-order valence-electron chi connectivity index (χ1n) is 7.84. The van der Waals surface area contributed by atoms with Gasteiger partial charge in [-0.1, -0.05) is 37.3 Å². The summed E-state index contributed by atoms with van der Waals surface area (Å²) in [6, 6.07) is 11.2. The van der Waals surface area contributed by atoms with E-state index in [4.69, 9.17) is 0 Å². The van der Waals surface area contributed by atoms with Gasteiger partial charge < -0.3 is 10.2 Å². The lowest BCUT2D eigenvalue weighted by Gasteiger charge is -2.34. The van der Waals surface area contributed by atoms with E-state index < -0.39 is 0 Å². The molecule has 1 aromatic rings. The molecule has 2 aliphatic rings. The Labute approximate surface area is 121 Å². The fourth-order valence-electron chi connectivity index (χ4n) is 3.03.